The molecule has 0 heterocycles. The smallest absolute Gasteiger partial charge is 0.0120 e. The second-order valence-electron chi connectivity index (χ2n) is 2.36. The first kappa shape index (κ1) is 11.3. The van der Waals surface area contributed by atoms with Crippen molar-refractivity contribution >= 4 is 17.0 Å². The molecule has 0 saturated heterocycles. The molecule has 0 rings (SSSR count). The van der Waals surface area contributed by atoms with Gasteiger partial charge in [0.25, 0.3) is 0 Å². The van der Waals surface area contributed by atoms with Gasteiger partial charge < -0.3 is 5.73 Å². The summed E-state index contributed by atoms with van der Waals surface area (Å²) in [6.07, 6.45) is 2.15. The summed E-state index contributed by atoms with van der Waals surface area (Å²) in [5.41, 5.74) is 5.80. The standard InChI is InChI=1S/C6H15N.BrH/c1-4-6(3,7)5-2;/h4-5,7H2,1-3H3;1H. The van der Waals surface area contributed by atoms with Gasteiger partial charge in [0.2, 0.25) is 0 Å². The van der Waals surface area contributed by atoms with Crippen LogP contribution in [0.3, 0.4) is 0 Å². The van der Waals surface area contributed by atoms with Gasteiger partial charge in [-0.15, -0.1) is 17.0 Å². The van der Waals surface area contributed by atoms with E-state index in [2.05, 4.69) is 20.8 Å². The minimum atomic E-state index is 0. The zero-order valence-electron chi connectivity index (χ0n) is 5.90. The molecule has 0 unspecified atom stereocenters. The van der Waals surface area contributed by atoms with Crippen LogP contribution in [0.25, 0.3) is 0 Å². The predicted octanol–water partition coefficient (Wildman–Crippen LogP) is 2.10. The van der Waals surface area contributed by atoms with Crippen molar-refractivity contribution in [3.05, 3.63) is 0 Å². The Morgan fingerprint density at radius 1 is 1.25 bits per heavy atom. The maximum absolute atomic E-state index is 5.72. The van der Waals surface area contributed by atoms with Crippen LogP contribution in [0.2, 0.25) is 0 Å². The highest BCUT2D eigenvalue weighted by molar-refractivity contribution is 8.93. The van der Waals surface area contributed by atoms with Crippen LogP contribution in [0, 0.1) is 0 Å². The maximum Gasteiger partial charge on any atom is 0.0120 e. The lowest BCUT2D eigenvalue weighted by Crippen LogP contribution is -2.33. The van der Waals surface area contributed by atoms with Gasteiger partial charge in [0.15, 0.2) is 0 Å². The third kappa shape index (κ3) is 4.60. The molecule has 52 valence electrons. The van der Waals surface area contributed by atoms with Crippen LogP contribution in [0.1, 0.15) is 33.6 Å². The number of nitrogens with two attached hydrogens (primary N) is 1. The summed E-state index contributed by atoms with van der Waals surface area (Å²) >= 11 is 0. The first-order valence-corrected chi connectivity index (χ1v) is 2.91. The monoisotopic (exact) mass is 181 g/mol. The molecule has 0 aliphatic heterocycles. The molecule has 0 aromatic carbocycles. The zero-order valence-corrected chi connectivity index (χ0v) is 7.61. The van der Waals surface area contributed by atoms with Crippen LogP contribution in [0.15, 0.2) is 0 Å². The minimum Gasteiger partial charge on any atom is -0.325 e. The molecule has 0 radical (unpaired) electrons. The molecule has 0 spiro atoms. The van der Waals surface area contributed by atoms with Gasteiger partial charge in [-0.2, -0.15) is 0 Å². The Morgan fingerprint density at radius 2 is 1.50 bits per heavy atom. The maximum atomic E-state index is 5.72. The lowest BCUT2D eigenvalue weighted by atomic mass is 9.98. The van der Waals surface area contributed by atoms with Gasteiger partial charge in [-0.1, -0.05) is 13.8 Å². The molecule has 0 fully saturated rings. The number of halogens is 1. The fourth-order valence-corrected chi connectivity index (χ4v) is 0.250. The van der Waals surface area contributed by atoms with Crippen LogP contribution in [-0.4, -0.2) is 5.54 Å². The van der Waals surface area contributed by atoms with Crippen molar-refractivity contribution in [3.63, 3.8) is 0 Å². The normalized spacial score (nSPS) is 10.5. The molecule has 0 aromatic heterocycles. The van der Waals surface area contributed by atoms with Crippen molar-refractivity contribution in [1.29, 1.82) is 0 Å². The van der Waals surface area contributed by atoms with Crippen molar-refractivity contribution in [2.45, 2.75) is 39.2 Å². The molecule has 0 aliphatic rings. The molecule has 2 N–H and O–H groups in total. The van der Waals surface area contributed by atoms with Crippen molar-refractivity contribution in [1.82, 2.24) is 0 Å². The molecule has 0 aliphatic carbocycles. The summed E-state index contributed by atoms with van der Waals surface area (Å²) in [5.74, 6) is 0. The van der Waals surface area contributed by atoms with E-state index >= 15 is 0 Å². The van der Waals surface area contributed by atoms with Crippen LogP contribution < -0.4 is 5.73 Å². The highest BCUT2D eigenvalue weighted by atomic mass is 79.9. The molecule has 0 amide bonds. The van der Waals surface area contributed by atoms with E-state index in [-0.39, 0.29) is 22.5 Å². The van der Waals surface area contributed by atoms with Crippen molar-refractivity contribution in [3.8, 4) is 0 Å². The molecule has 0 aromatic rings. The van der Waals surface area contributed by atoms with E-state index in [1.54, 1.807) is 0 Å². The van der Waals surface area contributed by atoms with Gasteiger partial charge in [0.05, 0.1) is 0 Å². The Balaban J connectivity index is 0. The zero-order chi connectivity index (χ0) is 5.91. The van der Waals surface area contributed by atoms with E-state index in [1.807, 2.05) is 0 Å². The van der Waals surface area contributed by atoms with E-state index in [9.17, 15) is 0 Å². The van der Waals surface area contributed by atoms with E-state index in [4.69, 9.17) is 5.73 Å². The van der Waals surface area contributed by atoms with Gasteiger partial charge >= 0.3 is 0 Å². The summed E-state index contributed by atoms with van der Waals surface area (Å²) in [6, 6.07) is 0. The van der Waals surface area contributed by atoms with Crippen LogP contribution in [0.4, 0.5) is 0 Å². The number of hydrogen-bond acceptors (Lipinski definition) is 1. The fraction of sp³-hybridized carbons (Fsp3) is 1.00. The van der Waals surface area contributed by atoms with Crippen molar-refractivity contribution < 1.29 is 0 Å². The molecule has 8 heavy (non-hydrogen) atoms. The Hall–Kier alpha value is 0.440. The number of hydrogen-bond donors (Lipinski definition) is 1. The van der Waals surface area contributed by atoms with Gasteiger partial charge in [-0.05, 0) is 19.8 Å². The SMILES string of the molecule is Br.CCC(C)(N)CC. The van der Waals surface area contributed by atoms with Gasteiger partial charge in [0, 0.05) is 5.54 Å². The third-order valence-corrected chi connectivity index (χ3v) is 1.62. The third-order valence-electron chi connectivity index (χ3n) is 1.62. The molecule has 0 saturated carbocycles. The molecular formula is C6H16BrN. The highest BCUT2D eigenvalue weighted by Gasteiger charge is 2.10. The second-order valence-corrected chi connectivity index (χ2v) is 2.36. The fourth-order valence-electron chi connectivity index (χ4n) is 0.250. The van der Waals surface area contributed by atoms with E-state index in [1.165, 1.54) is 0 Å². The summed E-state index contributed by atoms with van der Waals surface area (Å²) in [4.78, 5) is 0. The molecule has 2 heteroatoms. The Bertz CT molecular complexity index is 46.5. The molecular weight excluding hydrogens is 166 g/mol. The minimum absolute atomic E-state index is 0. The Kier molecular flexibility index (Phi) is 6.10. The second kappa shape index (κ2) is 4.33. The summed E-state index contributed by atoms with van der Waals surface area (Å²) in [6.45, 7) is 6.31. The largest absolute Gasteiger partial charge is 0.325 e. The molecule has 1 nitrogen and oxygen atoms in total. The van der Waals surface area contributed by atoms with Crippen LogP contribution in [-0.2, 0) is 0 Å². The quantitative estimate of drug-likeness (QED) is 0.695. The van der Waals surface area contributed by atoms with Crippen LogP contribution >= 0.6 is 17.0 Å². The van der Waals surface area contributed by atoms with Gasteiger partial charge in [-0.25, -0.2) is 0 Å². The van der Waals surface area contributed by atoms with E-state index < -0.39 is 0 Å². The summed E-state index contributed by atoms with van der Waals surface area (Å²) in [7, 11) is 0. The summed E-state index contributed by atoms with van der Waals surface area (Å²) in [5, 5.41) is 0. The average Bonchev–Trinajstić information content (AvgIpc) is 1.68. The van der Waals surface area contributed by atoms with E-state index in [0.717, 1.165) is 12.8 Å². The molecule has 0 atom stereocenters. The first-order valence-electron chi connectivity index (χ1n) is 2.91. The first-order chi connectivity index (χ1) is 3.12. The molecule has 0 bridgehead atoms. The van der Waals surface area contributed by atoms with Crippen LogP contribution in [0.5, 0.6) is 0 Å². The van der Waals surface area contributed by atoms with Crippen molar-refractivity contribution in [2.24, 2.45) is 5.73 Å². The lowest BCUT2D eigenvalue weighted by molar-refractivity contribution is 0.437. The summed E-state index contributed by atoms with van der Waals surface area (Å²) < 4.78 is 0. The van der Waals surface area contributed by atoms with Crippen molar-refractivity contribution in [2.75, 3.05) is 0 Å². The predicted molar refractivity (Wildman–Crippen MR) is 43.5 cm³/mol. The Morgan fingerprint density at radius 3 is 1.50 bits per heavy atom. The van der Waals surface area contributed by atoms with E-state index in [0.29, 0.717) is 0 Å². The Labute approximate surface area is 62.4 Å². The topological polar surface area (TPSA) is 26.0 Å². The number of rotatable bonds is 2. The van der Waals surface area contributed by atoms with Gasteiger partial charge in [-0.3, -0.25) is 0 Å². The highest BCUT2D eigenvalue weighted by Crippen LogP contribution is 2.07. The average molecular weight is 182 g/mol. The van der Waals surface area contributed by atoms with Gasteiger partial charge in [0.1, 0.15) is 0 Å². The lowest BCUT2D eigenvalue weighted by Gasteiger charge is -2.18.